The van der Waals surface area contributed by atoms with E-state index in [1.54, 1.807) is 6.20 Å². The highest BCUT2D eigenvalue weighted by Crippen LogP contribution is 2.34. The number of aliphatic hydroxyl groups is 1. The zero-order chi connectivity index (χ0) is 17.0. The number of rotatable bonds is 5. The van der Waals surface area contributed by atoms with Crippen molar-refractivity contribution in [2.24, 2.45) is 11.8 Å². The average molecular weight is 356 g/mol. The Morgan fingerprint density at radius 3 is 2.96 bits per heavy atom. The standard InChI is InChI=1S/C16H18ClNO4S/c1-9-5-12(17)15(18-8-9)23-4-3-10-6-11(19)7-13(20)14(10)16(21)22-2/h5,7-8,10,14,20H,3-4,6H2,1-2H3. The number of esters is 1. The van der Waals surface area contributed by atoms with Crippen LogP contribution in [0.25, 0.3) is 0 Å². The zero-order valence-electron chi connectivity index (χ0n) is 12.9. The average Bonchev–Trinajstić information content (AvgIpc) is 2.48. The second-order valence-electron chi connectivity index (χ2n) is 5.44. The summed E-state index contributed by atoms with van der Waals surface area (Å²) in [4.78, 5) is 27.8. The molecule has 1 N–H and O–H groups in total. The van der Waals surface area contributed by atoms with Gasteiger partial charge >= 0.3 is 5.97 Å². The number of allylic oxidation sites excluding steroid dienone is 1. The third-order valence-corrected chi connectivity index (χ3v) is 5.13. The first-order valence-corrected chi connectivity index (χ1v) is 8.55. The number of aliphatic hydroxyl groups excluding tert-OH is 1. The molecule has 0 saturated carbocycles. The Balaban J connectivity index is 2.01. The Hall–Kier alpha value is -1.53. The fraction of sp³-hybridized carbons (Fsp3) is 0.438. The Morgan fingerprint density at radius 2 is 2.30 bits per heavy atom. The number of thioether (sulfide) groups is 1. The van der Waals surface area contributed by atoms with Crippen molar-refractivity contribution in [3.63, 3.8) is 0 Å². The molecule has 1 aromatic rings. The zero-order valence-corrected chi connectivity index (χ0v) is 14.5. The van der Waals surface area contributed by atoms with Gasteiger partial charge in [-0.25, -0.2) is 4.98 Å². The highest BCUT2D eigenvalue weighted by Gasteiger charge is 2.37. The Labute approximate surface area is 144 Å². The molecule has 5 nitrogen and oxygen atoms in total. The van der Waals surface area contributed by atoms with Gasteiger partial charge in [0.15, 0.2) is 5.78 Å². The van der Waals surface area contributed by atoms with Crippen LogP contribution >= 0.6 is 23.4 Å². The molecule has 0 aliphatic heterocycles. The van der Waals surface area contributed by atoms with Gasteiger partial charge in [-0.3, -0.25) is 9.59 Å². The van der Waals surface area contributed by atoms with E-state index in [2.05, 4.69) is 4.98 Å². The van der Waals surface area contributed by atoms with Crippen molar-refractivity contribution in [2.75, 3.05) is 12.9 Å². The first-order chi connectivity index (χ1) is 10.9. The summed E-state index contributed by atoms with van der Waals surface area (Å²) in [5.74, 6) is -1.34. The molecule has 0 radical (unpaired) electrons. The number of carbonyl (C=O) groups excluding carboxylic acids is 2. The molecule has 0 fully saturated rings. The van der Waals surface area contributed by atoms with Crippen LogP contribution in [-0.4, -0.2) is 34.7 Å². The summed E-state index contributed by atoms with van der Waals surface area (Å²) in [5.41, 5.74) is 0.984. The molecule has 0 amide bonds. The van der Waals surface area contributed by atoms with E-state index in [1.165, 1.54) is 18.9 Å². The van der Waals surface area contributed by atoms with Crippen LogP contribution in [0.1, 0.15) is 18.4 Å². The highest BCUT2D eigenvalue weighted by molar-refractivity contribution is 7.99. The number of aromatic nitrogens is 1. The minimum atomic E-state index is -0.778. The molecular formula is C16H18ClNO4S. The fourth-order valence-electron chi connectivity index (χ4n) is 2.57. The molecule has 1 aromatic heterocycles. The van der Waals surface area contributed by atoms with Crippen molar-refractivity contribution in [2.45, 2.75) is 24.8 Å². The fourth-order valence-corrected chi connectivity index (χ4v) is 3.90. The molecular weight excluding hydrogens is 338 g/mol. The van der Waals surface area contributed by atoms with E-state index in [9.17, 15) is 14.7 Å². The van der Waals surface area contributed by atoms with Crippen LogP contribution in [0.5, 0.6) is 0 Å². The van der Waals surface area contributed by atoms with Crippen molar-refractivity contribution in [1.29, 1.82) is 0 Å². The SMILES string of the molecule is COC(=O)C1C(O)=CC(=O)CC1CCSc1ncc(C)cc1Cl. The first kappa shape index (κ1) is 17.8. The summed E-state index contributed by atoms with van der Waals surface area (Å²) in [6, 6.07) is 1.84. The number of methoxy groups -OCH3 is 1. The van der Waals surface area contributed by atoms with Crippen molar-refractivity contribution in [3.8, 4) is 0 Å². The van der Waals surface area contributed by atoms with E-state index in [4.69, 9.17) is 16.3 Å². The van der Waals surface area contributed by atoms with Crippen molar-refractivity contribution >= 4 is 35.1 Å². The lowest BCUT2D eigenvalue weighted by molar-refractivity contribution is -0.147. The van der Waals surface area contributed by atoms with Gasteiger partial charge in [0.2, 0.25) is 0 Å². The van der Waals surface area contributed by atoms with E-state index in [0.717, 1.165) is 11.6 Å². The predicted molar refractivity (Wildman–Crippen MR) is 88.7 cm³/mol. The maximum atomic E-state index is 11.8. The summed E-state index contributed by atoms with van der Waals surface area (Å²) in [5, 5.41) is 11.2. The largest absolute Gasteiger partial charge is 0.511 e. The number of nitrogens with zero attached hydrogens (tertiary/aromatic N) is 1. The Morgan fingerprint density at radius 1 is 1.57 bits per heavy atom. The third kappa shape index (κ3) is 4.48. The van der Waals surface area contributed by atoms with Gasteiger partial charge in [0.25, 0.3) is 0 Å². The van der Waals surface area contributed by atoms with Gasteiger partial charge in [0.05, 0.1) is 12.1 Å². The van der Waals surface area contributed by atoms with Crippen LogP contribution in [0.3, 0.4) is 0 Å². The molecule has 23 heavy (non-hydrogen) atoms. The molecule has 0 aromatic carbocycles. The van der Waals surface area contributed by atoms with E-state index in [1.807, 2.05) is 13.0 Å². The predicted octanol–water partition coefficient (Wildman–Crippen LogP) is 3.35. The Bertz CT molecular complexity index is 647. The van der Waals surface area contributed by atoms with E-state index in [-0.39, 0.29) is 23.9 Å². The lowest BCUT2D eigenvalue weighted by atomic mass is 9.80. The van der Waals surface area contributed by atoms with Crippen molar-refractivity contribution in [3.05, 3.63) is 34.7 Å². The quantitative estimate of drug-likeness (QED) is 0.644. The number of ketones is 1. The summed E-state index contributed by atoms with van der Waals surface area (Å²) < 4.78 is 4.73. The monoisotopic (exact) mass is 355 g/mol. The first-order valence-electron chi connectivity index (χ1n) is 7.18. The molecule has 0 spiro atoms. The number of halogens is 1. The molecule has 7 heteroatoms. The van der Waals surface area contributed by atoms with E-state index >= 15 is 0 Å². The minimum Gasteiger partial charge on any atom is -0.511 e. The van der Waals surface area contributed by atoms with Crippen molar-refractivity contribution < 1.29 is 19.4 Å². The third-order valence-electron chi connectivity index (χ3n) is 3.69. The minimum absolute atomic E-state index is 0.177. The Kier molecular flexibility index (Phi) is 6.07. The normalized spacial score (nSPS) is 21.0. The van der Waals surface area contributed by atoms with Gasteiger partial charge < -0.3 is 9.84 Å². The van der Waals surface area contributed by atoms with Crippen molar-refractivity contribution in [1.82, 2.24) is 4.98 Å². The van der Waals surface area contributed by atoms with Gasteiger partial charge in [-0.15, -0.1) is 11.8 Å². The number of ether oxygens (including phenoxy) is 1. The van der Waals surface area contributed by atoms with E-state index < -0.39 is 11.9 Å². The molecule has 1 aliphatic rings. The van der Waals surface area contributed by atoms with Gasteiger partial charge in [-0.2, -0.15) is 0 Å². The van der Waals surface area contributed by atoms with Crippen LogP contribution in [0.15, 0.2) is 29.1 Å². The lowest BCUT2D eigenvalue weighted by Gasteiger charge is -2.27. The number of pyridine rings is 1. The number of aryl methyl sites for hydroxylation is 1. The highest BCUT2D eigenvalue weighted by atomic mass is 35.5. The topological polar surface area (TPSA) is 76.5 Å². The number of carbonyl (C=O) groups is 2. The molecule has 2 unspecified atom stereocenters. The summed E-state index contributed by atoms with van der Waals surface area (Å²) in [6.45, 7) is 1.91. The molecule has 1 heterocycles. The molecule has 2 rings (SSSR count). The summed E-state index contributed by atoms with van der Waals surface area (Å²) in [7, 11) is 1.27. The van der Waals surface area contributed by atoms with Gasteiger partial charge in [-0.05, 0) is 36.6 Å². The summed E-state index contributed by atoms with van der Waals surface area (Å²) in [6.07, 6.45) is 3.65. The molecule has 1 aliphatic carbocycles. The van der Waals surface area contributed by atoms with Crippen LogP contribution in [0, 0.1) is 18.8 Å². The maximum absolute atomic E-state index is 11.8. The number of hydrogen-bond donors (Lipinski definition) is 1. The second-order valence-corrected chi connectivity index (χ2v) is 6.93. The van der Waals surface area contributed by atoms with Crippen LogP contribution < -0.4 is 0 Å². The maximum Gasteiger partial charge on any atom is 0.316 e. The molecule has 124 valence electrons. The smallest absolute Gasteiger partial charge is 0.316 e. The van der Waals surface area contributed by atoms with Crippen LogP contribution in [0.2, 0.25) is 5.02 Å². The summed E-state index contributed by atoms with van der Waals surface area (Å²) >= 11 is 7.60. The van der Waals surface area contributed by atoms with Gasteiger partial charge in [0, 0.05) is 18.7 Å². The van der Waals surface area contributed by atoms with Crippen LogP contribution in [0.4, 0.5) is 0 Å². The number of hydrogen-bond acceptors (Lipinski definition) is 6. The molecule has 0 bridgehead atoms. The van der Waals surface area contributed by atoms with Gasteiger partial charge in [-0.1, -0.05) is 11.6 Å². The molecule has 2 atom stereocenters. The molecule has 0 saturated heterocycles. The second kappa shape index (κ2) is 7.84. The van der Waals surface area contributed by atoms with Gasteiger partial charge in [0.1, 0.15) is 16.7 Å². The van der Waals surface area contributed by atoms with Crippen LogP contribution in [-0.2, 0) is 14.3 Å². The van der Waals surface area contributed by atoms with E-state index in [0.29, 0.717) is 22.2 Å². The lowest BCUT2D eigenvalue weighted by Crippen LogP contribution is -2.32.